The Morgan fingerprint density at radius 2 is 1.78 bits per heavy atom. The second-order valence-corrected chi connectivity index (χ2v) is 8.41. The zero-order valence-corrected chi connectivity index (χ0v) is 17.3. The van der Waals surface area contributed by atoms with Gasteiger partial charge in [0.2, 0.25) is 11.8 Å². The van der Waals surface area contributed by atoms with E-state index in [4.69, 9.17) is 0 Å². The summed E-state index contributed by atoms with van der Waals surface area (Å²) in [6.07, 6.45) is 0.741. The Labute approximate surface area is 185 Å². The van der Waals surface area contributed by atoms with Gasteiger partial charge >= 0.3 is 0 Å². The molecule has 0 spiro atoms. The van der Waals surface area contributed by atoms with Crippen LogP contribution in [0.1, 0.15) is 22.3 Å². The van der Waals surface area contributed by atoms with Gasteiger partial charge < -0.3 is 20.6 Å². The van der Waals surface area contributed by atoms with Crippen molar-refractivity contribution in [3.63, 3.8) is 0 Å². The van der Waals surface area contributed by atoms with Crippen molar-refractivity contribution in [1.82, 2.24) is 15.5 Å². The molecule has 2 heterocycles. The fourth-order valence-electron chi connectivity index (χ4n) is 4.57. The van der Waals surface area contributed by atoms with Crippen molar-refractivity contribution in [2.75, 3.05) is 6.54 Å². The van der Waals surface area contributed by atoms with E-state index in [0.717, 1.165) is 16.3 Å². The summed E-state index contributed by atoms with van der Waals surface area (Å²) in [5.41, 5.74) is 1.40. The lowest BCUT2D eigenvalue weighted by Gasteiger charge is -2.34. The van der Waals surface area contributed by atoms with E-state index in [1.54, 1.807) is 35.2 Å². The molecule has 7 nitrogen and oxygen atoms in total. The van der Waals surface area contributed by atoms with E-state index in [1.165, 1.54) is 0 Å². The number of fused-ring (bicyclic) bond motifs is 2. The highest BCUT2D eigenvalue weighted by molar-refractivity contribution is 6.00. The van der Waals surface area contributed by atoms with Crippen molar-refractivity contribution < 1.29 is 19.5 Å². The number of amides is 3. The maximum absolute atomic E-state index is 13.0. The van der Waals surface area contributed by atoms with E-state index in [0.29, 0.717) is 24.9 Å². The molecule has 0 saturated carbocycles. The summed E-state index contributed by atoms with van der Waals surface area (Å²) in [7, 11) is 0. The van der Waals surface area contributed by atoms with Crippen molar-refractivity contribution >= 4 is 28.5 Å². The number of carbonyl (C=O) groups excluding carboxylic acids is 3. The van der Waals surface area contributed by atoms with Gasteiger partial charge in [-0.05, 0) is 47.0 Å². The fourth-order valence-corrected chi connectivity index (χ4v) is 4.57. The maximum atomic E-state index is 13.0. The predicted octanol–water partition coefficient (Wildman–Crippen LogP) is 1.99. The van der Waals surface area contributed by atoms with Crippen LogP contribution in [0.4, 0.5) is 0 Å². The molecular formula is C25H23N3O4. The highest BCUT2D eigenvalue weighted by Crippen LogP contribution is 2.25. The molecule has 3 aromatic rings. The molecule has 3 N–H and O–H groups in total. The molecule has 2 fully saturated rings. The molecule has 3 atom stereocenters. The molecular weight excluding hydrogens is 406 g/mol. The minimum Gasteiger partial charge on any atom is -0.508 e. The molecule has 0 radical (unpaired) electrons. The van der Waals surface area contributed by atoms with Crippen molar-refractivity contribution in [2.45, 2.75) is 31.0 Å². The van der Waals surface area contributed by atoms with Gasteiger partial charge in [0.15, 0.2) is 0 Å². The number of phenolic OH excluding ortho intramolecular Hbond substituents is 1. The number of rotatable bonds is 4. The van der Waals surface area contributed by atoms with Crippen molar-refractivity contribution in [1.29, 1.82) is 0 Å². The normalized spacial score (nSPS) is 22.5. The first-order chi connectivity index (χ1) is 15.5. The van der Waals surface area contributed by atoms with Crippen LogP contribution in [0.5, 0.6) is 5.75 Å². The molecule has 0 aromatic heterocycles. The third-order valence-electron chi connectivity index (χ3n) is 6.22. The molecule has 2 saturated heterocycles. The molecule has 0 bridgehead atoms. The second kappa shape index (κ2) is 8.00. The standard InChI is InChI=1S/C25H23N3O4/c29-20-9-5-15(6-10-20)11-21-25(32)28-14-19(13-22(28)24(31)27-21)26-23(30)18-8-7-16-3-1-2-4-17(16)12-18/h1-10,12,19,21-22,29H,11,13-14H2,(H,26,30)(H,27,31)/t19-,21+,22-/m0/s1. The van der Waals surface area contributed by atoms with Gasteiger partial charge in [-0.2, -0.15) is 0 Å². The first kappa shape index (κ1) is 20.1. The van der Waals surface area contributed by atoms with Gasteiger partial charge in [0, 0.05) is 24.6 Å². The summed E-state index contributed by atoms with van der Waals surface area (Å²) >= 11 is 0. The van der Waals surface area contributed by atoms with Crippen molar-refractivity contribution in [3.05, 3.63) is 77.9 Å². The number of piperazine rings is 1. The molecule has 0 aliphatic carbocycles. The Hall–Kier alpha value is -3.87. The summed E-state index contributed by atoms with van der Waals surface area (Å²) < 4.78 is 0. The SMILES string of the molecule is O=C(N[C@H]1C[C@H]2C(=O)N[C@H](Cc3ccc(O)cc3)C(=O)N2C1)c1ccc2ccccc2c1. The average molecular weight is 429 g/mol. The molecule has 7 heteroatoms. The Morgan fingerprint density at radius 3 is 2.56 bits per heavy atom. The van der Waals surface area contributed by atoms with Gasteiger partial charge in [-0.3, -0.25) is 14.4 Å². The van der Waals surface area contributed by atoms with Gasteiger partial charge in [0.05, 0.1) is 0 Å². The highest BCUT2D eigenvalue weighted by atomic mass is 16.3. The minimum absolute atomic E-state index is 0.148. The number of hydrogen-bond acceptors (Lipinski definition) is 4. The van der Waals surface area contributed by atoms with Crippen LogP contribution >= 0.6 is 0 Å². The minimum atomic E-state index is -0.654. The number of phenols is 1. The van der Waals surface area contributed by atoms with Crippen LogP contribution in [-0.4, -0.2) is 52.4 Å². The Bertz CT molecular complexity index is 1210. The largest absolute Gasteiger partial charge is 0.508 e. The number of nitrogens with zero attached hydrogens (tertiary/aromatic N) is 1. The molecule has 32 heavy (non-hydrogen) atoms. The lowest BCUT2D eigenvalue weighted by Crippen LogP contribution is -2.61. The number of nitrogens with one attached hydrogen (secondary N) is 2. The fraction of sp³-hybridized carbons (Fsp3) is 0.240. The van der Waals surface area contributed by atoms with Crippen molar-refractivity contribution in [3.8, 4) is 5.75 Å². The zero-order valence-electron chi connectivity index (χ0n) is 17.3. The summed E-state index contributed by atoms with van der Waals surface area (Å²) in [6, 6.07) is 18.4. The number of carbonyl (C=O) groups is 3. The number of aromatic hydroxyl groups is 1. The summed E-state index contributed by atoms with van der Waals surface area (Å²) in [5, 5.41) is 17.3. The van der Waals surface area contributed by atoms with E-state index in [1.807, 2.05) is 36.4 Å². The van der Waals surface area contributed by atoms with Crippen LogP contribution in [-0.2, 0) is 16.0 Å². The molecule has 3 amide bonds. The summed E-state index contributed by atoms with van der Waals surface area (Å²) in [5.74, 6) is -0.410. The molecule has 0 unspecified atom stereocenters. The van der Waals surface area contributed by atoms with Gasteiger partial charge in [0.25, 0.3) is 5.91 Å². The quantitative estimate of drug-likeness (QED) is 0.591. The molecule has 162 valence electrons. The topological polar surface area (TPSA) is 98.7 Å². The smallest absolute Gasteiger partial charge is 0.251 e. The molecule has 2 aliphatic heterocycles. The van der Waals surface area contributed by atoms with E-state index >= 15 is 0 Å². The first-order valence-corrected chi connectivity index (χ1v) is 10.7. The maximum Gasteiger partial charge on any atom is 0.251 e. The van der Waals surface area contributed by atoms with E-state index in [-0.39, 0.29) is 29.5 Å². The average Bonchev–Trinajstić information content (AvgIpc) is 3.23. The van der Waals surface area contributed by atoms with Crippen LogP contribution in [0.3, 0.4) is 0 Å². The lowest BCUT2D eigenvalue weighted by molar-refractivity contribution is -0.147. The third-order valence-corrected chi connectivity index (χ3v) is 6.22. The van der Waals surface area contributed by atoms with Crippen LogP contribution in [0, 0.1) is 0 Å². The second-order valence-electron chi connectivity index (χ2n) is 8.41. The monoisotopic (exact) mass is 429 g/mol. The number of hydrogen-bond donors (Lipinski definition) is 3. The molecule has 3 aromatic carbocycles. The van der Waals surface area contributed by atoms with Gasteiger partial charge in [0.1, 0.15) is 17.8 Å². The summed E-state index contributed by atoms with van der Waals surface area (Å²) in [6.45, 7) is 0.308. The van der Waals surface area contributed by atoms with Gasteiger partial charge in [-0.25, -0.2) is 0 Å². The highest BCUT2D eigenvalue weighted by Gasteiger charge is 2.46. The van der Waals surface area contributed by atoms with E-state index in [2.05, 4.69) is 10.6 Å². The Morgan fingerprint density at radius 1 is 1.03 bits per heavy atom. The van der Waals surface area contributed by atoms with Crippen LogP contribution < -0.4 is 10.6 Å². The lowest BCUT2D eigenvalue weighted by atomic mass is 10.0. The zero-order chi connectivity index (χ0) is 22.2. The third kappa shape index (κ3) is 3.77. The van der Waals surface area contributed by atoms with Gasteiger partial charge in [-0.1, -0.05) is 42.5 Å². The molecule has 5 rings (SSSR count). The summed E-state index contributed by atoms with van der Waals surface area (Å²) in [4.78, 5) is 40.1. The van der Waals surface area contributed by atoms with E-state index < -0.39 is 12.1 Å². The number of benzene rings is 3. The molecule has 2 aliphatic rings. The Kier molecular flexibility index (Phi) is 5.01. The Balaban J connectivity index is 1.26. The first-order valence-electron chi connectivity index (χ1n) is 10.7. The van der Waals surface area contributed by atoms with Crippen LogP contribution in [0.25, 0.3) is 10.8 Å². The van der Waals surface area contributed by atoms with Crippen LogP contribution in [0.2, 0.25) is 0 Å². The predicted molar refractivity (Wildman–Crippen MR) is 119 cm³/mol. The van der Waals surface area contributed by atoms with E-state index in [9.17, 15) is 19.5 Å². The van der Waals surface area contributed by atoms with Crippen LogP contribution in [0.15, 0.2) is 66.7 Å². The van der Waals surface area contributed by atoms with Crippen molar-refractivity contribution in [2.24, 2.45) is 0 Å². The van der Waals surface area contributed by atoms with Gasteiger partial charge in [-0.15, -0.1) is 0 Å².